The van der Waals surface area contributed by atoms with Gasteiger partial charge in [-0.2, -0.15) is 0 Å². The maximum Gasteiger partial charge on any atom is 0.573 e. The van der Waals surface area contributed by atoms with E-state index in [-0.39, 0.29) is 124 Å². The normalized spacial score (nSPS) is 12.0. The summed E-state index contributed by atoms with van der Waals surface area (Å²) in [6.07, 6.45) is -2.90. The molecule has 0 fully saturated rings. The molecule has 35 heteroatoms. The highest BCUT2D eigenvalue weighted by Crippen LogP contribution is 2.35. The van der Waals surface area contributed by atoms with Crippen molar-refractivity contribution in [2.24, 2.45) is 0 Å². The van der Waals surface area contributed by atoms with E-state index in [1.54, 1.807) is 103 Å². The standard InChI is InChI=1S/C19H21NO6S2.C18H16F3NO6S2.C18H17NO4S2.C18H15NO4S2/c1-14(22)27-13-19(23)15-3-5-16(6-4-15)20(11-12-21)28(24,25)18-9-7-17(26-2)8-10-18;19-18(20,21)28-14-5-7-15(8-6-14)30(26,27)22-13-3-1-12(2-4-13)16(24)11-29-17(25)9-10-23;2*1-13(20)24-12-18(21)15-7-8-17-14(11-15)9-10-19(17)25(22,23)16-5-3-2-4-6-16/h3-10,21H,11-13H2,1-2H3;1-8,22-23H,9-11H2;2-8,11H,9-10,12H2,1H3;2-11H,12H2,1H3. The van der Waals surface area contributed by atoms with Crippen LogP contribution < -0.4 is 22.8 Å². The number of carbonyl (C=O) groups excluding carboxylic acids is 8. The molecular weight excluding hydrogens is 1570 g/mol. The van der Waals surface area contributed by atoms with E-state index >= 15 is 0 Å². The fourth-order valence-corrected chi connectivity index (χ4v) is 17.4. The minimum absolute atomic E-state index is 0.0270. The summed E-state index contributed by atoms with van der Waals surface area (Å²) in [6.45, 7) is 3.77. The Hall–Kier alpha value is -9.43. The van der Waals surface area contributed by atoms with E-state index in [1.165, 1.54) is 115 Å². The van der Waals surface area contributed by atoms with Crippen molar-refractivity contribution in [3.63, 3.8) is 0 Å². The zero-order valence-corrected chi connectivity index (χ0v) is 64.2. The number of Topliss-reactive ketones (excluding diaryl/α,β-unsaturated/α-hetero) is 4. The zero-order valence-electron chi connectivity index (χ0n) is 57.7. The molecule has 3 N–H and O–H groups in total. The van der Waals surface area contributed by atoms with E-state index < -0.39 is 52.2 Å². The fourth-order valence-electron chi connectivity index (χ4n) is 9.79. The Bertz CT molecular complexity index is 5200. The quantitative estimate of drug-likeness (QED) is 0.0383. The van der Waals surface area contributed by atoms with Crippen molar-refractivity contribution in [3.05, 3.63) is 234 Å². The monoisotopic (exact) mass is 1630 g/mol. The summed E-state index contributed by atoms with van der Waals surface area (Å²) in [6, 6.07) is 49.1. The van der Waals surface area contributed by atoms with Gasteiger partial charge >= 0.3 is 6.36 Å². The Balaban J connectivity index is 0.000000201. The molecule has 0 saturated heterocycles. The number of ether oxygens (including phenoxy) is 2. The van der Waals surface area contributed by atoms with Crippen molar-refractivity contribution in [1.82, 2.24) is 3.97 Å². The van der Waals surface area contributed by atoms with Crippen LogP contribution in [0.1, 0.15) is 74.2 Å². The van der Waals surface area contributed by atoms with Crippen LogP contribution in [-0.2, 0) is 65.7 Å². The molecule has 1 aliphatic rings. The Kier molecular flexibility index (Phi) is 31.1. The van der Waals surface area contributed by atoms with E-state index in [0.717, 1.165) is 81.2 Å². The number of alkyl halides is 3. The highest BCUT2D eigenvalue weighted by molar-refractivity contribution is 8.15. The molecule has 108 heavy (non-hydrogen) atoms. The van der Waals surface area contributed by atoms with Gasteiger partial charge in [-0.05, 0) is 176 Å². The SMILES string of the molecule is CC(=O)SCC(=O)c1ccc2c(c1)CCN2S(=O)(=O)c1ccccc1.CC(=O)SCC(=O)c1ccc2c(ccn2S(=O)(=O)c2ccccc2)c1.COc1ccc(S(=O)(=O)N(CCO)c2ccc(C(=O)CSC(C)=O)cc2)cc1.O=C(CCO)SCC(=O)c1ccc(NS(=O)(=O)c2ccc(OC(F)(F)F)cc2)cc1. The van der Waals surface area contributed by atoms with Crippen LogP contribution in [0.3, 0.4) is 0 Å². The van der Waals surface area contributed by atoms with Gasteiger partial charge < -0.3 is 19.7 Å². The molecular formula is C73H69F3N4O20S8. The first-order valence-electron chi connectivity index (χ1n) is 31.9. The Labute approximate surface area is 638 Å². The second kappa shape index (κ2) is 39.1. The minimum atomic E-state index is -4.89. The van der Waals surface area contributed by atoms with E-state index in [4.69, 9.17) is 9.84 Å². The average Bonchev–Trinajstić information content (AvgIpc) is 1.40. The third-order valence-electron chi connectivity index (χ3n) is 15.0. The molecule has 0 aliphatic carbocycles. The molecule has 0 spiro atoms. The molecule has 2 heterocycles. The topological polar surface area (TPSA) is 355 Å². The van der Waals surface area contributed by atoms with Gasteiger partial charge in [-0.1, -0.05) is 83.4 Å². The van der Waals surface area contributed by atoms with E-state index in [9.17, 15) is 90.3 Å². The number of aliphatic hydroxyl groups excluding tert-OH is 2. The minimum Gasteiger partial charge on any atom is -0.497 e. The number of methoxy groups -OCH3 is 1. The van der Waals surface area contributed by atoms with Crippen LogP contribution in [0, 0.1) is 0 Å². The number of fused-ring (bicyclic) bond motifs is 2. The molecule has 8 aromatic carbocycles. The van der Waals surface area contributed by atoms with Gasteiger partial charge in [0.25, 0.3) is 40.1 Å². The smallest absolute Gasteiger partial charge is 0.497 e. The number of aromatic nitrogens is 1. The van der Waals surface area contributed by atoms with Crippen molar-refractivity contribution in [2.75, 3.05) is 69.8 Å². The van der Waals surface area contributed by atoms with E-state index in [0.29, 0.717) is 57.7 Å². The third-order valence-corrected chi connectivity index (χ3v) is 25.2. The van der Waals surface area contributed by atoms with Crippen LogP contribution in [0.4, 0.5) is 30.2 Å². The Morgan fingerprint density at radius 3 is 1.47 bits per heavy atom. The number of hydrogen-bond acceptors (Lipinski definition) is 24. The number of anilines is 3. The maximum atomic E-state index is 13.0. The van der Waals surface area contributed by atoms with Crippen LogP contribution in [0.2, 0.25) is 0 Å². The number of halogens is 3. The van der Waals surface area contributed by atoms with Gasteiger partial charge in [0.1, 0.15) is 11.5 Å². The molecule has 1 aromatic heterocycles. The number of aliphatic hydroxyl groups is 2. The summed E-state index contributed by atoms with van der Waals surface area (Å²) < 4.78 is 153. The highest BCUT2D eigenvalue weighted by atomic mass is 32.2. The lowest BCUT2D eigenvalue weighted by molar-refractivity contribution is -0.274. The molecule has 24 nitrogen and oxygen atoms in total. The number of sulfonamides is 3. The number of nitrogens with zero attached hydrogens (tertiary/aromatic N) is 3. The molecule has 0 bridgehead atoms. The van der Waals surface area contributed by atoms with Gasteiger partial charge in [0, 0.05) is 73.3 Å². The van der Waals surface area contributed by atoms with Crippen LogP contribution >= 0.6 is 47.0 Å². The number of carbonyl (C=O) groups is 8. The lowest BCUT2D eigenvalue weighted by Crippen LogP contribution is -2.33. The molecule has 570 valence electrons. The number of ketones is 4. The number of nitrogens with one attached hydrogen (secondary N) is 1. The second-order valence-corrected chi connectivity index (χ2v) is 34.3. The summed E-state index contributed by atoms with van der Waals surface area (Å²) in [4.78, 5) is 92.9. The van der Waals surface area contributed by atoms with Crippen molar-refractivity contribution >= 4 is 159 Å². The predicted octanol–water partition coefficient (Wildman–Crippen LogP) is 11.8. The first-order valence-corrected chi connectivity index (χ1v) is 41.6. The lowest BCUT2D eigenvalue weighted by Gasteiger charge is -2.24. The van der Waals surface area contributed by atoms with Crippen molar-refractivity contribution in [3.8, 4) is 11.5 Å². The van der Waals surface area contributed by atoms with Crippen molar-refractivity contribution in [2.45, 2.75) is 59.6 Å². The van der Waals surface area contributed by atoms with Crippen LogP contribution in [0.15, 0.2) is 226 Å². The second-order valence-electron chi connectivity index (χ2n) is 22.6. The third kappa shape index (κ3) is 24.3. The molecule has 9 aromatic rings. The molecule has 1 aliphatic heterocycles. The molecule has 0 radical (unpaired) electrons. The number of benzene rings is 8. The summed E-state index contributed by atoms with van der Waals surface area (Å²) in [5.41, 5.74) is 3.99. The lowest BCUT2D eigenvalue weighted by atomic mass is 10.1. The fraction of sp³-hybridized carbons (Fsp3) is 0.205. The zero-order chi connectivity index (χ0) is 79.2. The predicted molar refractivity (Wildman–Crippen MR) is 409 cm³/mol. The van der Waals surface area contributed by atoms with Gasteiger partial charge in [0.05, 0.1) is 86.4 Å². The Morgan fingerprint density at radius 1 is 0.509 bits per heavy atom. The van der Waals surface area contributed by atoms with Crippen molar-refractivity contribution < 1.29 is 105 Å². The van der Waals surface area contributed by atoms with E-state index in [1.807, 2.05) is 0 Å². The maximum absolute atomic E-state index is 13.0. The van der Waals surface area contributed by atoms with Crippen LogP contribution in [0.5, 0.6) is 11.5 Å². The van der Waals surface area contributed by atoms with Crippen molar-refractivity contribution in [1.29, 1.82) is 0 Å². The average molecular weight is 1640 g/mol. The molecule has 0 amide bonds. The van der Waals surface area contributed by atoms with Gasteiger partial charge in [-0.15, -0.1) is 13.2 Å². The first-order chi connectivity index (χ1) is 51.1. The highest BCUT2D eigenvalue weighted by Gasteiger charge is 2.33. The van der Waals surface area contributed by atoms with Gasteiger partial charge in [-0.3, -0.25) is 51.7 Å². The number of thioether (sulfide) groups is 4. The van der Waals surface area contributed by atoms with Gasteiger partial charge in [0.2, 0.25) is 0 Å². The Morgan fingerprint density at radius 2 is 0.972 bits per heavy atom. The van der Waals surface area contributed by atoms with Gasteiger partial charge in [0.15, 0.2) is 43.6 Å². The summed E-state index contributed by atoms with van der Waals surface area (Å²) >= 11 is 3.63. The summed E-state index contributed by atoms with van der Waals surface area (Å²) in [5, 5.41) is 18.0. The number of hydrogen-bond donors (Lipinski definition) is 3. The summed E-state index contributed by atoms with van der Waals surface area (Å²) in [7, 11) is -13.8. The van der Waals surface area contributed by atoms with Crippen LogP contribution in [-0.4, -0.2) is 154 Å². The van der Waals surface area contributed by atoms with E-state index in [2.05, 4.69) is 9.46 Å². The summed E-state index contributed by atoms with van der Waals surface area (Å²) in [5.74, 6) is -0.814. The van der Waals surface area contributed by atoms with Gasteiger partial charge in [-0.25, -0.2) is 37.6 Å². The molecule has 0 unspecified atom stereocenters. The molecule has 0 saturated carbocycles. The largest absolute Gasteiger partial charge is 0.573 e. The van der Waals surface area contributed by atoms with Crippen LogP contribution in [0.25, 0.3) is 10.9 Å². The molecule has 10 rings (SSSR count). The molecule has 0 atom stereocenters. The first kappa shape index (κ1) is 85.8. The number of rotatable bonds is 28.